The highest BCUT2D eigenvalue weighted by Gasteiger charge is 2.43. The van der Waals surface area contributed by atoms with Gasteiger partial charge in [-0.3, -0.25) is 29.4 Å². The van der Waals surface area contributed by atoms with Crippen LogP contribution in [-0.4, -0.2) is 56.7 Å². The molecule has 1 aromatic heterocycles. The van der Waals surface area contributed by atoms with E-state index in [1.807, 2.05) is 31.2 Å². The number of nitrogens with zero attached hydrogens (tertiary/aromatic N) is 4. The molecule has 1 atom stereocenters. The summed E-state index contributed by atoms with van der Waals surface area (Å²) in [5.74, 6) is -1.56. The molecule has 0 bridgehead atoms. The van der Waals surface area contributed by atoms with Crippen LogP contribution in [-0.2, 0) is 25.7 Å². The SMILES string of the molecule is Cc1cccc(-c2noc(CN(C)C3=CC(=O)N(C4CCC(=O)NC4=O)C3=O)n2)c1. The zero-order valence-electron chi connectivity index (χ0n) is 16.4. The normalized spacial score (nSPS) is 19.2. The van der Waals surface area contributed by atoms with Gasteiger partial charge in [0, 0.05) is 25.1 Å². The zero-order chi connectivity index (χ0) is 21.4. The van der Waals surface area contributed by atoms with E-state index < -0.39 is 29.7 Å². The minimum absolute atomic E-state index is 0.0718. The molecule has 0 spiro atoms. The summed E-state index contributed by atoms with van der Waals surface area (Å²) in [6.45, 7) is 2.06. The van der Waals surface area contributed by atoms with E-state index in [-0.39, 0.29) is 31.0 Å². The molecule has 2 aliphatic heterocycles. The van der Waals surface area contributed by atoms with Crippen LogP contribution in [0.25, 0.3) is 11.4 Å². The van der Waals surface area contributed by atoms with Gasteiger partial charge < -0.3 is 9.42 Å². The molecule has 4 amide bonds. The van der Waals surface area contributed by atoms with Gasteiger partial charge in [-0.2, -0.15) is 4.98 Å². The highest BCUT2D eigenvalue weighted by Crippen LogP contribution is 2.24. The molecular formula is C20H19N5O5. The number of carbonyl (C=O) groups is 4. The van der Waals surface area contributed by atoms with Crippen molar-refractivity contribution in [3.05, 3.63) is 47.5 Å². The van der Waals surface area contributed by atoms with E-state index in [0.717, 1.165) is 16.0 Å². The van der Waals surface area contributed by atoms with Crippen LogP contribution in [0.5, 0.6) is 0 Å². The summed E-state index contributed by atoms with van der Waals surface area (Å²) in [6.07, 6.45) is 1.35. The molecule has 154 valence electrons. The first kappa shape index (κ1) is 19.5. The maximum Gasteiger partial charge on any atom is 0.277 e. The summed E-state index contributed by atoms with van der Waals surface area (Å²) in [7, 11) is 1.61. The van der Waals surface area contributed by atoms with Gasteiger partial charge in [0.15, 0.2) is 0 Å². The van der Waals surface area contributed by atoms with Crippen LogP contribution in [0, 0.1) is 6.92 Å². The largest absolute Gasteiger partial charge is 0.361 e. The Hall–Kier alpha value is -3.82. The van der Waals surface area contributed by atoms with Crippen molar-refractivity contribution in [1.29, 1.82) is 0 Å². The van der Waals surface area contributed by atoms with Gasteiger partial charge in [-0.25, -0.2) is 0 Å². The Morgan fingerprint density at radius 3 is 2.80 bits per heavy atom. The Balaban J connectivity index is 1.47. The fraction of sp³-hybridized carbons (Fsp3) is 0.300. The van der Waals surface area contributed by atoms with E-state index in [1.54, 1.807) is 7.05 Å². The van der Waals surface area contributed by atoms with Gasteiger partial charge in [0.25, 0.3) is 11.8 Å². The number of aryl methyl sites for hydroxylation is 1. The van der Waals surface area contributed by atoms with Gasteiger partial charge in [-0.15, -0.1) is 0 Å². The maximum absolute atomic E-state index is 12.8. The summed E-state index contributed by atoms with van der Waals surface area (Å²) in [5, 5.41) is 6.13. The molecule has 1 unspecified atom stereocenters. The number of piperidine rings is 1. The van der Waals surface area contributed by atoms with Crippen molar-refractivity contribution in [2.45, 2.75) is 32.4 Å². The molecule has 1 aromatic carbocycles. The molecule has 1 saturated heterocycles. The van der Waals surface area contributed by atoms with Gasteiger partial charge in [0.1, 0.15) is 11.7 Å². The quantitative estimate of drug-likeness (QED) is 0.709. The van der Waals surface area contributed by atoms with Gasteiger partial charge in [-0.05, 0) is 19.4 Å². The summed E-state index contributed by atoms with van der Waals surface area (Å²) < 4.78 is 5.28. The van der Waals surface area contributed by atoms with E-state index in [2.05, 4.69) is 15.5 Å². The second kappa shape index (κ2) is 7.54. The average molecular weight is 409 g/mol. The van der Waals surface area contributed by atoms with E-state index in [9.17, 15) is 19.2 Å². The fourth-order valence-electron chi connectivity index (χ4n) is 3.48. The second-order valence-electron chi connectivity index (χ2n) is 7.25. The molecule has 3 heterocycles. The first-order valence-electron chi connectivity index (χ1n) is 9.37. The molecule has 4 rings (SSSR count). The number of amides is 4. The second-order valence-corrected chi connectivity index (χ2v) is 7.25. The first-order valence-corrected chi connectivity index (χ1v) is 9.37. The minimum atomic E-state index is -0.999. The van der Waals surface area contributed by atoms with Crippen molar-refractivity contribution in [3.8, 4) is 11.4 Å². The molecule has 1 N–H and O–H groups in total. The minimum Gasteiger partial charge on any atom is -0.361 e. The van der Waals surface area contributed by atoms with Crippen LogP contribution >= 0.6 is 0 Å². The molecule has 0 aliphatic carbocycles. The van der Waals surface area contributed by atoms with Crippen molar-refractivity contribution in [1.82, 2.24) is 25.3 Å². The van der Waals surface area contributed by atoms with E-state index in [4.69, 9.17) is 4.52 Å². The smallest absolute Gasteiger partial charge is 0.277 e. The lowest BCUT2D eigenvalue weighted by atomic mass is 10.0. The van der Waals surface area contributed by atoms with Crippen LogP contribution < -0.4 is 5.32 Å². The van der Waals surface area contributed by atoms with Crippen LogP contribution in [0.1, 0.15) is 24.3 Å². The molecule has 2 aromatic rings. The van der Waals surface area contributed by atoms with Crippen molar-refractivity contribution in [3.63, 3.8) is 0 Å². The number of benzene rings is 1. The Morgan fingerprint density at radius 1 is 1.27 bits per heavy atom. The van der Waals surface area contributed by atoms with E-state index in [1.165, 1.54) is 11.0 Å². The first-order chi connectivity index (χ1) is 14.3. The number of imide groups is 2. The third-order valence-corrected chi connectivity index (χ3v) is 4.99. The summed E-state index contributed by atoms with van der Waals surface area (Å²) in [4.78, 5) is 55.3. The third kappa shape index (κ3) is 3.59. The molecule has 2 aliphatic rings. The molecule has 0 saturated carbocycles. The zero-order valence-corrected chi connectivity index (χ0v) is 16.4. The highest BCUT2D eigenvalue weighted by molar-refractivity contribution is 6.18. The standard InChI is InChI=1S/C20H19N5O5/c1-11-4-3-5-12(8-11)18-22-16(30-23-18)10-24(2)14-9-17(27)25(20(14)29)13-6-7-15(26)21-19(13)28/h3-5,8-9,13H,6-7,10H2,1-2H3,(H,21,26,28). The Labute approximate surface area is 171 Å². The van der Waals surface area contributed by atoms with Crippen molar-refractivity contribution in [2.75, 3.05) is 7.05 Å². The monoisotopic (exact) mass is 409 g/mol. The third-order valence-electron chi connectivity index (χ3n) is 4.99. The van der Waals surface area contributed by atoms with E-state index in [0.29, 0.717) is 5.82 Å². The van der Waals surface area contributed by atoms with E-state index >= 15 is 0 Å². The van der Waals surface area contributed by atoms with Crippen LogP contribution in [0.15, 0.2) is 40.6 Å². The topological polar surface area (TPSA) is 126 Å². The number of hydrogen-bond acceptors (Lipinski definition) is 8. The summed E-state index contributed by atoms with van der Waals surface area (Å²) in [5.41, 5.74) is 1.98. The Bertz CT molecular complexity index is 1090. The average Bonchev–Trinajstić information content (AvgIpc) is 3.27. The molecule has 10 heteroatoms. The molecule has 0 radical (unpaired) electrons. The summed E-state index contributed by atoms with van der Waals surface area (Å²) in [6, 6.07) is 6.65. The Morgan fingerprint density at radius 2 is 2.07 bits per heavy atom. The van der Waals surface area contributed by atoms with Gasteiger partial charge in [-0.1, -0.05) is 28.9 Å². The lowest BCUT2D eigenvalue weighted by Gasteiger charge is -2.29. The van der Waals surface area contributed by atoms with Crippen LogP contribution in [0.2, 0.25) is 0 Å². The van der Waals surface area contributed by atoms with Crippen LogP contribution in [0.4, 0.5) is 0 Å². The van der Waals surface area contributed by atoms with Crippen LogP contribution in [0.3, 0.4) is 0 Å². The molecule has 30 heavy (non-hydrogen) atoms. The summed E-state index contributed by atoms with van der Waals surface area (Å²) >= 11 is 0. The lowest BCUT2D eigenvalue weighted by molar-refractivity contribution is -0.150. The molecule has 10 nitrogen and oxygen atoms in total. The van der Waals surface area contributed by atoms with Gasteiger partial charge >= 0.3 is 0 Å². The van der Waals surface area contributed by atoms with Gasteiger partial charge in [0.2, 0.25) is 23.5 Å². The maximum atomic E-state index is 12.8. The van der Waals surface area contributed by atoms with Crippen molar-refractivity contribution in [2.24, 2.45) is 0 Å². The number of likely N-dealkylation sites (N-methyl/N-ethyl adjacent to an activating group) is 1. The van der Waals surface area contributed by atoms with Crippen molar-refractivity contribution < 1.29 is 23.7 Å². The lowest BCUT2D eigenvalue weighted by Crippen LogP contribution is -2.54. The fourth-order valence-corrected chi connectivity index (χ4v) is 3.48. The van der Waals surface area contributed by atoms with Gasteiger partial charge in [0.05, 0.1) is 6.54 Å². The van der Waals surface area contributed by atoms with Crippen molar-refractivity contribution >= 4 is 23.6 Å². The number of rotatable bonds is 5. The molecular weight excluding hydrogens is 390 g/mol. The number of aromatic nitrogens is 2. The number of hydrogen-bond donors (Lipinski definition) is 1. The number of carbonyl (C=O) groups excluding carboxylic acids is 4. The predicted molar refractivity (Wildman–Crippen MR) is 102 cm³/mol. The highest BCUT2D eigenvalue weighted by atomic mass is 16.5. The Kier molecular flexibility index (Phi) is 4.90. The predicted octanol–water partition coefficient (Wildman–Crippen LogP) is 0.535. The molecule has 1 fully saturated rings. The number of nitrogens with one attached hydrogen (secondary N) is 1.